The highest BCUT2D eigenvalue weighted by Crippen LogP contribution is 2.20. The number of benzene rings is 2. The van der Waals surface area contributed by atoms with Gasteiger partial charge in [0.2, 0.25) is 5.91 Å². The monoisotopic (exact) mass is 384 g/mol. The van der Waals surface area contributed by atoms with Gasteiger partial charge in [0.1, 0.15) is 17.3 Å². The highest BCUT2D eigenvalue weighted by Gasteiger charge is 2.12. The normalized spacial score (nSPS) is 10.6. The van der Waals surface area contributed by atoms with Crippen molar-refractivity contribution < 1.29 is 14.6 Å². The number of thioether (sulfide) groups is 1. The summed E-state index contributed by atoms with van der Waals surface area (Å²) in [4.78, 5) is 12.1. The molecule has 2 N–H and O–H groups in total. The first-order valence-corrected chi connectivity index (χ1v) is 9.26. The molecule has 7 nitrogen and oxygen atoms in total. The molecule has 1 aromatic heterocycles. The SMILES string of the molecule is COc1ccc(Cc2nnc(SCC(=O)Nc3cccc(O)c3)n2C)cc1. The average Bonchev–Trinajstić information content (AvgIpc) is 3.00. The summed E-state index contributed by atoms with van der Waals surface area (Å²) < 4.78 is 7.05. The zero-order valence-electron chi connectivity index (χ0n) is 15.0. The van der Waals surface area contributed by atoms with Gasteiger partial charge in [0, 0.05) is 25.2 Å². The van der Waals surface area contributed by atoms with Gasteiger partial charge in [0.25, 0.3) is 0 Å². The minimum absolute atomic E-state index is 0.108. The average molecular weight is 384 g/mol. The van der Waals surface area contributed by atoms with Crippen molar-refractivity contribution in [2.24, 2.45) is 7.05 Å². The lowest BCUT2D eigenvalue weighted by molar-refractivity contribution is -0.113. The summed E-state index contributed by atoms with van der Waals surface area (Å²) in [6, 6.07) is 14.2. The van der Waals surface area contributed by atoms with Crippen molar-refractivity contribution >= 4 is 23.4 Å². The lowest BCUT2D eigenvalue weighted by atomic mass is 10.1. The largest absolute Gasteiger partial charge is 0.508 e. The van der Waals surface area contributed by atoms with Crippen LogP contribution >= 0.6 is 11.8 Å². The van der Waals surface area contributed by atoms with Gasteiger partial charge in [-0.1, -0.05) is 30.0 Å². The van der Waals surface area contributed by atoms with Crippen LogP contribution in [-0.2, 0) is 18.3 Å². The lowest BCUT2D eigenvalue weighted by Gasteiger charge is -2.06. The summed E-state index contributed by atoms with van der Waals surface area (Å²) in [7, 11) is 3.52. The highest BCUT2D eigenvalue weighted by atomic mass is 32.2. The molecule has 0 aliphatic rings. The summed E-state index contributed by atoms with van der Waals surface area (Å²) >= 11 is 1.31. The number of anilines is 1. The molecule has 0 bridgehead atoms. The molecule has 0 aliphatic carbocycles. The summed E-state index contributed by atoms with van der Waals surface area (Å²) in [5.74, 6) is 1.76. The number of aromatic nitrogens is 3. The molecule has 140 valence electrons. The van der Waals surface area contributed by atoms with E-state index in [2.05, 4.69) is 15.5 Å². The van der Waals surface area contributed by atoms with Gasteiger partial charge in [-0.3, -0.25) is 4.79 Å². The van der Waals surface area contributed by atoms with Crippen molar-refractivity contribution in [2.75, 3.05) is 18.2 Å². The maximum Gasteiger partial charge on any atom is 0.234 e. The number of nitrogens with one attached hydrogen (secondary N) is 1. The second-order valence-corrected chi connectivity index (χ2v) is 6.81. The summed E-state index contributed by atoms with van der Waals surface area (Å²) in [6.45, 7) is 0. The molecular formula is C19H20N4O3S. The van der Waals surface area contributed by atoms with Crippen LogP contribution in [-0.4, -0.2) is 38.6 Å². The summed E-state index contributed by atoms with van der Waals surface area (Å²) in [5, 5.41) is 21.2. The number of phenolic OH excluding ortho intramolecular Hbond substituents is 1. The maximum atomic E-state index is 12.1. The Kier molecular flexibility index (Phi) is 5.97. The van der Waals surface area contributed by atoms with Gasteiger partial charge in [0.15, 0.2) is 5.16 Å². The number of rotatable bonds is 7. The zero-order valence-corrected chi connectivity index (χ0v) is 15.9. The van der Waals surface area contributed by atoms with Gasteiger partial charge in [-0.15, -0.1) is 10.2 Å². The molecule has 3 rings (SSSR count). The van der Waals surface area contributed by atoms with Crippen LogP contribution < -0.4 is 10.1 Å². The molecule has 0 spiro atoms. The first-order valence-electron chi connectivity index (χ1n) is 8.28. The van der Waals surface area contributed by atoms with Crippen molar-refractivity contribution in [1.82, 2.24) is 14.8 Å². The van der Waals surface area contributed by atoms with E-state index >= 15 is 0 Å². The van der Waals surface area contributed by atoms with Crippen LogP contribution in [0.2, 0.25) is 0 Å². The van der Waals surface area contributed by atoms with Gasteiger partial charge in [-0.05, 0) is 29.8 Å². The number of aromatic hydroxyl groups is 1. The third kappa shape index (κ3) is 5.01. The van der Waals surface area contributed by atoms with Crippen LogP contribution in [0.25, 0.3) is 0 Å². The highest BCUT2D eigenvalue weighted by molar-refractivity contribution is 7.99. The van der Waals surface area contributed by atoms with Crippen LogP contribution in [0.5, 0.6) is 11.5 Å². The minimum Gasteiger partial charge on any atom is -0.508 e. The second kappa shape index (κ2) is 8.59. The van der Waals surface area contributed by atoms with E-state index < -0.39 is 0 Å². The van der Waals surface area contributed by atoms with Crippen molar-refractivity contribution in [3.8, 4) is 11.5 Å². The predicted octanol–water partition coefficient (Wildman–Crippen LogP) is 2.85. The number of nitrogens with zero attached hydrogens (tertiary/aromatic N) is 3. The van der Waals surface area contributed by atoms with Crippen LogP contribution in [0.15, 0.2) is 53.7 Å². The van der Waals surface area contributed by atoms with Crippen LogP contribution in [0.4, 0.5) is 5.69 Å². The van der Waals surface area contributed by atoms with E-state index in [0.29, 0.717) is 17.3 Å². The molecule has 0 atom stereocenters. The Balaban J connectivity index is 1.57. The molecule has 27 heavy (non-hydrogen) atoms. The van der Waals surface area contributed by atoms with E-state index in [1.165, 1.54) is 17.8 Å². The van der Waals surface area contributed by atoms with Crippen LogP contribution in [0, 0.1) is 0 Å². The van der Waals surface area contributed by atoms with E-state index in [1.54, 1.807) is 25.3 Å². The van der Waals surface area contributed by atoms with Crippen molar-refractivity contribution in [1.29, 1.82) is 0 Å². The number of amides is 1. The fraction of sp³-hybridized carbons (Fsp3) is 0.211. The third-order valence-electron chi connectivity index (χ3n) is 3.91. The van der Waals surface area contributed by atoms with E-state index in [1.807, 2.05) is 35.9 Å². The minimum atomic E-state index is -0.176. The van der Waals surface area contributed by atoms with Crippen LogP contribution in [0.3, 0.4) is 0 Å². The molecule has 0 radical (unpaired) electrons. The van der Waals surface area contributed by atoms with E-state index in [4.69, 9.17) is 4.74 Å². The van der Waals surface area contributed by atoms with Gasteiger partial charge >= 0.3 is 0 Å². The predicted molar refractivity (Wildman–Crippen MR) is 104 cm³/mol. The van der Waals surface area contributed by atoms with Gasteiger partial charge in [0.05, 0.1) is 12.9 Å². The Bertz CT molecular complexity index is 925. The quantitative estimate of drug-likeness (QED) is 0.609. The lowest BCUT2D eigenvalue weighted by Crippen LogP contribution is -2.14. The first kappa shape index (κ1) is 18.8. The zero-order chi connectivity index (χ0) is 19.2. The van der Waals surface area contributed by atoms with Crippen molar-refractivity contribution in [3.05, 3.63) is 59.9 Å². The molecular weight excluding hydrogens is 364 g/mol. The number of carbonyl (C=O) groups excluding carboxylic acids is 1. The third-order valence-corrected chi connectivity index (χ3v) is 4.93. The van der Waals surface area contributed by atoms with E-state index in [0.717, 1.165) is 17.1 Å². The number of ether oxygens (including phenoxy) is 1. The molecule has 8 heteroatoms. The molecule has 0 saturated carbocycles. The summed E-state index contributed by atoms with van der Waals surface area (Å²) in [6.07, 6.45) is 0.642. The van der Waals surface area contributed by atoms with Crippen molar-refractivity contribution in [3.63, 3.8) is 0 Å². The Morgan fingerprint density at radius 1 is 1.22 bits per heavy atom. The Hall–Kier alpha value is -3.00. The topological polar surface area (TPSA) is 89.3 Å². The fourth-order valence-corrected chi connectivity index (χ4v) is 3.19. The first-order chi connectivity index (χ1) is 13.0. The van der Waals surface area contributed by atoms with E-state index in [9.17, 15) is 9.90 Å². The molecule has 0 saturated heterocycles. The number of hydrogen-bond donors (Lipinski definition) is 2. The standard InChI is InChI=1S/C19H20N4O3S/c1-23-17(10-13-6-8-16(26-2)9-7-13)21-22-19(23)27-12-18(25)20-14-4-3-5-15(24)11-14/h3-9,11,24H,10,12H2,1-2H3,(H,20,25). The summed E-state index contributed by atoms with van der Waals surface area (Å²) in [5.41, 5.74) is 1.66. The smallest absolute Gasteiger partial charge is 0.234 e. The number of phenols is 1. The molecule has 2 aromatic carbocycles. The van der Waals surface area contributed by atoms with E-state index in [-0.39, 0.29) is 17.4 Å². The number of carbonyl (C=O) groups is 1. The molecule has 3 aromatic rings. The second-order valence-electron chi connectivity index (χ2n) is 5.87. The number of hydrogen-bond acceptors (Lipinski definition) is 6. The number of methoxy groups -OCH3 is 1. The Labute approximate surface area is 161 Å². The molecule has 0 unspecified atom stereocenters. The molecule has 1 amide bonds. The van der Waals surface area contributed by atoms with Gasteiger partial charge < -0.3 is 19.7 Å². The molecule has 0 fully saturated rings. The maximum absolute atomic E-state index is 12.1. The fourth-order valence-electron chi connectivity index (χ4n) is 2.46. The Morgan fingerprint density at radius 3 is 2.70 bits per heavy atom. The molecule has 1 heterocycles. The van der Waals surface area contributed by atoms with Gasteiger partial charge in [-0.25, -0.2) is 0 Å². The van der Waals surface area contributed by atoms with Gasteiger partial charge in [-0.2, -0.15) is 0 Å². The van der Waals surface area contributed by atoms with Crippen LogP contribution in [0.1, 0.15) is 11.4 Å². The Morgan fingerprint density at radius 2 is 2.00 bits per heavy atom. The van der Waals surface area contributed by atoms with Crippen molar-refractivity contribution in [2.45, 2.75) is 11.6 Å². The molecule has 0 aliphatic heterocycles.